The minimum atomic E-state index is -1.05. The fraction of sp³-hybridized carbons (Fsp3) is 0.429. The maximum atomic E-state index is 12.2. The van der Waals surface area contributed by atoms with Gasteiger partial charge in [0.1, 0.15) is 0 Å². The number of hydrogen-bond acceptors (Lipinski definition) is 3. The summed E-state index contributed by atoms with van der Waals surface area (Å²) in [5, 5.41) is 11.9. The molecule has 0 fully saturated rings. The number of benzene rings is 1. The Bertz CT molecular complexity index is 525. The van der Waals surface area contributed by atoms with Gasteiger partial charge in [0, 0.05) is 16.7 Å². The van der Waals surface area contributed by atoms with Crippen molar-refractivity contribution in [1.29, 1.82) is 0 Å². The van der Waals surface area contributed by atoms with Crippen LogP contribution in [0.4, 0.5) is 10.5 Å². The number of aromatic carboxylic acids is 1. The molecule has 116 valence electrons. The van der Waals surface area contributed by atoms with E-state index in [1.165, 1.54) is 6.07 Å². The average molecular weight is 422 g/mol. The Labute approximate surface area is 142 Å². The number of hydrogen-bond donors (Lipinski definition) is 2. The van der Waals surface area contributed by atoms with Crippen LogP contribution in [0.1, 0.15) is 23.7 Å². The molecular weight excluding hydrogens is 403 g/mol. The first-order valence-electron chi connectivity index (χ1n) is 6.42. The highest BCUT2D eigenvalue weighted by Crippen LogP contribution is 2.20. The number of anilines is 1. The lowest BCUT2D eigenvalue weighted by Crippen LogP contribution is -2.38. The molecule has 5 nitrogen and oxygen atoms in total. The Morgan fingerprint density at radius 2 is 2.14 bits per heavy atom. The summed E-state index contributed by atoms with van der Waals surface area (Å²) in [6.07, 6.45) is 2.92. The number of amides is 2. The van der Waals surface area contributed by atoms with Crippen LogP contribution in [-0.2, 0) is 0 Å². The summed E-state index contributed by atoms with van der Waals surface area (Å²) in [6.45, 7) is 1.97. The van der Waals surface area contributed by atoms with Crippen LogP contribution in [0, 0.1) is 3.57 Å². The summed E-state index contributed by atoms with van der Waals surface area (Å²) in [5.41, 5.74) is 0.414. The van der Waals surface area contributed by atoms with Gasteiger partial charge in [0.05, 0.1) is 11.3 Å². The van der Waals surface area contributed by atoms with E-state index in [1.54, 1.807) is 35.8 Å². The van der Waals surface area contributed by atoms with E-state index in [4.69, 9.17) is 0 Å². The van der Waals surface area contributed by atoms with E-state index >= 15 is 0 Å². The third kappa shape index (κ3) is 5.39. The van der Waals surface area contributed by atoms with Crippen molar-refractivity contribution in [3.63, 3.8) is 0 Å². The summed E-state index contributed by atoms with van der Waals surface area (Å²) in [6, 6.07) is 4.71. The topological polar surface area (TPSA) is 69.6 Å². The standard InChI is InChI=1S/C14H19IN2O3S/c1-9(6-7-21-3)17(2)14(20)16-12-5-4-10(15)8-11(12)13(18)19/h4-5,8-9H,6-7H2,1-3H3,(H,16,20)(H,18,19). The first-order chi connectivity index (χ1) is 9.86. The Morgan fingerprint density at radius 3 is 2.71 bits per heavy atom. The van der Waals surface area contributed by atoms with Gasteiger partial charge in [-0.2, -0.15) is 11.8 Å². The largest absolute Gasteiger partial charge is 0.478 e. The molecule has 0 spiro atoms. The second kappa shape index (κ2) is 8.47. The predicted octanol–water partition coefficient (Wildman–Crippen LogP) is 3.59. The van der Waals surface area contributed by atoms with Gasteiger partial charge in [0.15, 0.2) is 0 Å². The smallest absolute Gasteiger partial charge is 0.337 e. The van der Waals surface area contributed by atoms with Gasteiger partial charge in [-0.1, -0.05) is 0 Å². The number of rotatable bonds is 6. The number of nitrogens with zero attached hydrogens (tertiary/aromatic N) is 1. The molecule has 0 aliphatic rings. The van der Waals surface area contributed by atoms with Gasteiger partial charge in [0.25, 0.3) is 0 Å². The van der Waals surface area contributed by atoms with E-state index in [2.05, 4.69) is 5.32 Å². The minimum absolute atomic E-state index is 0.0922. The van der Waals surface area contributed by atoms with Crippen LogP contribution < -0.4 is 5.32 Å². The second-order valence-electron chi connectivity index (χ2n) is 4.67. The lowest BCUT2D eigenvalue weighted by molar-refractivity contribution is 0.0698. The first kappa shape index (κ1) is 18.1. The molecule has 0 heterocycles. The van der Waals surface area contributed by atoms with Crippen molar-refractivity contribution in [2.75, 3.05) is 24.4 Å². The molecule has 1 atom stereocenters. The highest BCUT2D eigenvalue weighted by molar-refractivity contribution is 14.1. The highest BCUT2D eigenvalue weighted by Gasteiger charge is 2.18. The molecule has 7 heteroatoms. The van der Waals surface area contributed by atoms with Gasteiger partial charge < -0.3 is 15.3 Å². The molecule has 0 saturated heterocycles. The van der Waals surface area contributed by atoms with Gasteiger partial charge >= 0.3 is 12.0 Å². The monoisotopic (exact) mass is 422 g/mol. The maximum absolute atomic E-state index is 12.2. The maximum Gasteiger partial charge on any atom is 0.337 e. The zero-order chi connectivity index (χ0) is 16.0. The molecule has 0 aliphatic carbocycles. The Kier molecular flexibility index (Phi) is 7.30. The van der Waals surface area contributed by atoms with Crippen LogP contribution in [0.3, 0.4) is 0 Å². The molecule has 1 unspecified atom stereocenters. The number of carbonyl (C=O) groups is 2. The van der Waals surface area contributed by atoms with Crippen molar-refractivity contribution in [2.24, 2.45) is 0 Å². The normalized spacial score (nSPS) is 11.8. The Balaban J connectivity index is 2.81. The number of carboxylic acids is 1. The van der Waals surface area contributed by atoms with Gasteiger partial charge in [-0.15, -0.1) is 0 Å². The number of halogens is 1. The summed E-state index contributed by atoms with van der Waals surface area (Å²) in [5.74, 6) is -0.0789. The number of carbonyl (C=O) groups excluding carboxylic acids is 1. The van der Waals surface area contributed by atoms with E-state index < -0.39 is 5.97 Å². The molecule has 0 aliphatic heterocycles. The van der Waals surface area contributed by atoms with E-state index in [1.807, 2.05) is 35.8 Å². The number of thioether (sulfide) groups is 1. The van der Waals surface area contributed by atoms with Crippen molar-refractivity contribution in [3.8, 4) is 0 Å². The Morgan fingerprint density at radius 1 is 1.48 bits per heavy atom. The lowest BCUT2D eigenvalue weighted by Gasteiger charge is -2.25. The van der Waals surface area contributed by atoms with Gasteiger partial charge in [-0.05, 0) is 66.1 Å². The van der Waals surface area contributed by atoms with Gasteiger partial charge in [-0.3, -0.25) is 0 Å². The van der Waals surface area contributed by atoms with Crippen LogP contribution in [0.15, 0.2) is 18.2 Å². The summed E-state index contributed by atoms with van der Waals surface area (Å²) < 4.78 is 0.810. The quantitative estimate of drug-likeness (QED) is 0.688. The minimum Gasteiger partial charge on any atom is -0.478 e. The second-order valence-corrected chi connectivity index (χ2v) is 6.90. The van der Waals surface area contributed by atoms with Crippen molar-refractivity contribution in [3.05, 3.63) is 27.3 Å². The number of carboxylic acid groups (broad SMARTS) is 1. The van der Waals surface area contributed by atoms with Crippen molar-refractivity contribution < 1.29 is 14.7 Å². The Hall–Kier alpha value is -0.960. The highest BCUT2D eigenvalue weighted by atomic mass is 127. The molecule has 1 rings (SSSR count). The van der Waals surface area contributed by atoms with Crippen LogP contribution >= 0.6 is 34.4 Å². The average Bonchev–Trinajstić information content (AvgIpc) is 2.45. The molecule has 2 N–H and O–H groups in total. The first-order valence-corrected chi connectivity index (χ1v) is 8.89. The predicted molar refractivity (Wildman–Crippen MR) is 95.4 cm³/mol. The molecule has 1 aromatic carbocycles. The van der Waals surface area contributed by atoms with Gasteiger partial charge in [-0.25, -0.2) is 9.59 Å². The van der Waals surface area contributed by atoms with Crippen LogP contribution in [0.25, 0.3) is 0 Å². The zero-order valence-electron chi connectivity index (χ0n) is 12.2. The number of urea groups is 1. The summed E-state index contributed by atoms with van der Waals surface area (Å²) in [4.78, 5) is 25.0. The molecule has 1 aromatic rings. The molecule has 0 aromatic heterocycles. The zero-order valence-corrected chi connectivity index (χ0v) is 15.2. The molecule has 2 amide bonds. The van der Waals surface area contributed by atoms with Gasteiger partial charge in [0.2, 0.25) is 0 Å². The van der Waals surface area contributed by atoms with Crippen molar-refractivity contribution >= 4 is 52.0 Å². The van der Waals surface area contributed by atoms with E-state index in [9.17, 15) is 14.7 Å². The third-order valence-electron chi connectivity index (χ3n) is 3.17. The fourth-order valence-electron chi connectivity index (χ4n) is 1.69. The molecule has 0 radical (unpaired) electrons. The fourth-order valence-corrected chi connectivity index (χ4v) is 2.76. The van der Waals surface area contributed by atoms with Crippen LogP contribution in [0.5, 0.6) is 0 Å². The van der Waals surface area contributed by atoms with E-state index in [-0.39, 0.29) is 17.6 Å². The lowest BCUT2D eigenvalue weighted by atomic mass is 10.2. The molecule has 21 heavy (non-hydrogen) atoms. The van der Waals surface area contributed by atoms with Crippen LogP contribution in [0.2, 0.25) is 0 Å². The molecule has 0 saturated carbocycles. The number of nitrogens with one attached hydrogen (secondary N) is 1. The van der Waals surface area contributed by atoms with Crippen molar-refractivity contribution in [1.82, 2.24) is 4.90 Å². The molecular formula is C14H19IN2O3S. The summed E-state index contributed by atoms with van der Waals surface area (Å²) >= 11 is 3.77. The molecule has 0 bridgehead atoms. The van der Waals surface area contributed by atoms with Crippen LogP contribution in [-0.4, -0.2) is 47.1 Å². The van der Waals surface area contributed by atoms with Crippen molar-refractivity contribution in [2.45, 2.75) is 19.4 Å². The SMILES string of the molecule is CSCCC(C)N(C)C(=O)Nc1ccc(I)cc1C(=O)O. The van der Waals surface area contributed by atoms with E-state index in [0.29, 0.717) is 5.69 Å². The van der Waals surface area contributed by atoms with E-state index in [0.717, 1.165) is 15.7 Å². The third-order valence-corrected chi connectivity index (χ3v) is 4.49. The summed E-state index contributed by atoms with van der Waals surface area (Å²) in [7, 11) is 1.72.